The number of hydrogen-bond acceptors (Lipinski definition) is 2. The van der Waals surface area contributed by atoms with Gasteiger partial charge in [0.05, 0.1) is 16.6 Å². The highest BCUT2D eigenvalue weighted by molar-refractivity contribution is 7.92. The molecule has 26 heavy (non-hydrogen) atoms. The Balaban J connectivity index is 2.01. The van der Waals surface area contributed by atoms with E-state index < -0.39 is 16.1 Å². The van der Waals surface area contributed by atoms with E-state index in [1.165, 1.54) is 16.4 Å². The summed E-state index contributed by atoms with van der Waals surface area (Å²) < 4.78 is 42.3. The van der Waals surface area contributed by atoms with Gasteiger partial charge < -0.3 is 0 Å². The molecule has 0 radical (unpaired) electrons. The normalized spacial score (nSPS) is 16.1. The number of anilines is 1. The van der Waals surface area contributed by atoms with E-state index in [1.54, 1.807) is 36.4 Å². The van der Waals surface area contributed by atoms with Gasteiger partial charge in [0.1, 0.15) is 5.82 Å². The number of benzene rings is 3. The van der Waals surface area contributed by atoms with Crippen LogP contribution < -0.4 is 4.31 Å². The highest BCUT2D eigenvalue weighted by Gasteiger charge is 2.38. The second-order valence-electron chi connectivity index (χ2n) is 6.29. The fourth-order valence-corrected chi connectivity index (χ4v) is 5.38. The van der Waals surface area contributed by atoms with Gasteiger partial charge in [-0.3, -0.25) is 4.31 Å². The van der Waals surface area contributed by atoms with Crippen molar-refractivity contribution in [2.75, 3.05) is 4.31 Å². The topological polar surface area (TPSA) is 37.4 Å². The molecule has 3 nitrogen and oxygen atoms in total. The fourth-order valence-electron chi connectivity index (χ4n) is 3.63. The Morgan fingerprint density at radius 1 is 0.923 bits per heavy atom. The van der Waals surface area contributed by atoms with Crippen molar-refractivity contribution in [2.24, 2.45) is 0 Å². The second kappa shape index (κ2) is 6.25. The first-order valence-corrected chi connectivity index (χ1v) is 9.96. The maximum atomic E-state index is 14.0. The van der Waals surface area contributed by atoms with Gasteiger partial charge in [0.15, 0.2) is 0 Å². The van der Waals surface area contributed by atoms with Gasteiger partial charge >= 0.3 is 0 Å². The summed E-state index contributed by atoms with van der Waals surface area (Å²) in [6, 6.07) is 19.9. The SMILES string of the molecule is CCC1c2cc(F)ccc2-c2ccccc2N1S(=O)(=O)c1ccccc1. The number of sulfonamides is 1. The zero-order chi connectivity index (χ0) is 18.3. The summed E-state index contributed by atoms with van der Waals surface area (Å²) in [6.07, 6.45) is 0.539. The van der Waals surface area contributed by atoms with Gasteiger partial charge in [-0.1, -0.05) is 49.4 Å². The molecule has 0 aromatic heterocycles. The highest BCUT2D eigenvalue weighted by atomic mass is 32.2. The molecule has 0 fully saturated rings. The zero-order valence-corrected chi connectivity index (χ0v) is 15.1. The summed E-state index contributed by atoms with van der Waals surface area (Å²) in [6.45, 7) is 1.92. The van der Waals surface area contributed by atoms with Crippen molar-refractivity contribution >= 4 is 15.7 Å². The van der Waals surface area contributed by atoms with Crippen LogP contribution in [-0.2, 0) is 10.0 Å². The fraction of sp³-hybridized carbons (Fsp3) is 0.143. The first-order valence-electron chi connectivity index (χ1n) is 8.52. The second-order valence-corrected chi connectivity index (χ2v) is 8.10. The van der Waals surface area contributed by atoms with E-state index >= 15 is 0 Å². The van der Waals surface area contributed by atoms with Crippen LogP contribution >= 0.6 is 0 Å². The summed E-state index contributed by atoms with van der Waals surface area (Å²) in [5, 5.41) is 0. The van der Waals surface area contributed by atoms with Gasteiger partial charge in [-0.2, -0.15) is 0 Å². The Kier molecular flexibility index (Phi) is 4.04. The van der Waals surface area contributed by atoms with E-state index in [9.17, 15) is 12.8 Å². The molecule has 3 aromatic rings. The van der Waals surface area contributed by atoms with E-state index in [2.05, 4.69) is 0 Å². The summed E-state index contributed by atoms with van der Waals surface area (Å²) in [5.41, 5.74) is 3.01. The van der Waals surface area contributed by atoms with Crippen LogP contribution in [0.15, 0.2) is 77.7 Å². The summed E-state index contributed by atoms with van der Waals surface area (Å²) in [7, 11) is -3.78. The van der Waals surface area contributed by atoms with E-state index in [-0.39, 0.29) is 10.7 Å². The Morgan fingerprint density at radius 2 is 1.62 bits per heavy atom. The average Bonchev–Trinajstić information content (AvgIpc) is 2.67. The van der Waals surface area contributed by atoms with E-state index in [1.807, 2.05) is 31.2 Å². The Bertz CT molecular complexity index is 1060. The van der Waals surface area contributed by atoms with E-state index in [0.717, 1.165) is 11.1 Å². The van der Waals surface area contributed by atoms with Crippen LogP contribution in [0, 0.1) is 5.82 Å². The Labute approximate surface area is 152 Å². The molecule has 0 N–H and O–H groups in total. The third-order valence-corrected chi connectivity index (χ3v) is 6.61. The standard InChI is InChI=1S/C21H18FNO2S/c1-2-20-19-14-15(22)12-13-17(19)18-10-6-7-11-21(18)23(20)26(24,25)16-8-4-3-5-9-16/h3-14,20H,2H2,1H3. The summed E-state index contributed by atoms with van der Waals surface area (Å²) in [5.74, 6) is -0.362. The minimum Gasteiger partial charge on any atom is -0.258 e. The van der Waals surface area contributed by atoms with Crippen molar-refractivity contribution in [3.8, 4) is 11.1 Å². The molecule has 132 valence electrons. The van der Waals surface area contributed by atoms with E-state index in [0.29, 0.717) is 17.7 Å². The van der Waals surface area contributed by atoms with Crippen LogP contribution in [0.2, 0.25) is 0 Å². The van der Waals surface area contributed by atoms with Crippen LogP contribution in [0.5, 0.6) is 0 Å². The number of fused-ring (bicyclic) bond motifs is 3. The van der Waals surface area contributed by atoms with Gasteiger partial charge in [-0.15, -0.1) is 0 Å². The van der Waals surface area contributed by atoms with Gasteiger partial charge in [-0.25, -0.2) is 12.8 Å². The van der Waals surface area contributed by atoms with E-state index in [4.69, 9.17) is 0 Å². The van der Waals surface area contributed by atoms with Crippen molar-refractivity contribution in [3.63, 3.8) is 0 Å². The van der Waals surface area contributed by atoms with Crippen molar-refractivity contribution in [1.29, 1.82) is 0 Å². The van der Waals surface area contributed by atoms with Crippen LogP contribution in [0.1, 0.15) is 24.9 Å². The molecule has 0 bridgehead atoms. The minimum atomic E-state index is -3.78. The molecule has 0 aliphatic carbocycles. The average molecular weight is 367 g/mol. The predicted octanol–water partition coefficient (Wildman–Crippen LogP) is 5.15. The lowest BCUT2D eigenvalue weighted by Gasteiger charge is -2.38. The summed E-state index contributed by atoms with van der Waals surface area (Å²) >= 11 is 0. The van der Waals surface area contributed by atoms with Crippen LogP contribution in [0.25, 0.3) is 11.1 Å². The molecule has 3 aromatic carbocycles. The molecule has 0 saturated heterocycles. The third kappa shape index (κ3) is 2.51. The van der Waals surface area contributed by atoms with Crippen LogP contribution in [-0.4, -0.2) is 8.42 Å². The molecular formula is C21H18FNO2S. The number of halogens is 1. The molecular weight excluding hydrogens is 349 g/mol. The molecule has 1 aliphatic heterocycles. The van der Waals surface area contributed by atoms with Gasteiger partial charge in [0, 0.05) is 5.56 Å². The first-order chi connectivity index (χ1) is 12.5. The molecule has 0 saturated carbocycles. The molecule has 0 amide bonds. The van der Waals surface area contributed by atoms with Gasteiger partial charge in [-0.05, 0) is 47.9 Å². The predicted molar refractivity (Wildman–Crippen MR) is 101 cm³/mol. The monoisotopic (exact) mass is 367 g/mol. The first kappa shape index (κ1) is 16.8. The molecule has 1 heterocycles. The molecule has 0 spiro atoms. The largest absolute Gasteiger partial charge is 0.264 e. The third-order valence-electron chi connectivity index (χ3n) is 4.77. The lowest BCUT2D eigenvalue weighted by atomic mass is 9.88. The maximum Gasteiger partial charge on any atom is 0.264 e. The van der Waals surface area contributed by atoms with Gasteiger partial charge in [0.2, 0.25) is 0 Å². The molecule has 1 aliphatic rings. The number of nitrogens with zero attached hydrogens (tertiary/aromatic N) is 1. The number of rotatable bonds is 3. The smallest absolute Gasteiger partial charge is 0.258 e. The maximum absolute atomic E-state index is 14.0. The number of para-hydroxylation sites is 1. The van der Waals surface area contributed by atoms with Crippen molar-refractivity contribution < 1.29 is 12.8 Å². The van der Waals surface area contributed by atoms with Crippen LogP contribution in [0.4, 0.5) is 10.1 Å². The highest BCUT2D eigenvalue weighted by Crippen LogP contribution is 2.48. The molecule has 1 atom stereocenters. The lowest BCUT2D eigenvalue weighted by molar-refractivity contribution is 0.569. The Hall–Kier alpha value is -2.66. The molecule has 1 unspecified atom stereocenters. The quantitative estimate of drug-likeness (QED) is 0.642. The van der Waals surface area contributed by atoms with Crippen molar-refractivity contribution in [1.82, 2.24) is 0 Å². The number of hydrogen-bond donors (Lipinski definition) is 0. The summed E-state index contributed by atoms with van der Waals surface area (Å²) in [4.78, 5) is 0.230. The minimum absolute atomic E-state index is 0.230. The zero-order valence-electron chi connectivity index (χ0n) is 14.3. The van der Waals surface area contributed by atoms with Gasteiger partial charge in [0.25, 0.3) is 10.0 Å². The lowest BCUT2D eigenvalue weighted by Crippen LogP contribution is -2.37. The van der Waals surface area contributed by atoms with Crippen molar-refractivity contribution in [3.05, 3.63) is 84.2 Å². The molecule has 5 heteroatoms. The molecule has 4 rings (SSSR count). The Morgan fingerprint density at radius 3 is 2.35 bits per heavy atom. The van der Waals surface area contributed by atoms with Crippen molar-refractivity contribution in [2.45, 2.75) is 24.3 Å². The van der Waals surface area contributed by atoms with Crippen LogP contribution in [0.3, 0.4) is 0 Å².